The lowest BCUT2D eigenvalue weighted by atomic mass is 9.86. The normalized spacial score (nSPS) is 22.7. The molecule has 1 fully saturated rings. The monoisotopic (exact) mass is 211 g/mol. The van der Waals surface area contributed by atoms with Crippen molar-refractivity contribution in [3.63, 3.8) is 0 Å². The van der Waals surface area contributed by atoms with Crippen LogP contribution < -0.4 is 5.56 Å². The van der Waals surface area contributed by atoms with Gasteiger partial charge in [0.15, 0.2) is 0 Å². The first-order chi connectivity index (χ1) is 8.82. The molecule has 0 aliphatic heterocycles. The molecular formula is C12H17NO2. The highest BCUT2D eigenvalue weighted by molar-refractivity contribution is 5.19. The number of pyridine rings is 1. The van der Waals surface area contributed by atoms with E-state index in [4.69, 9.17) is 5.48 Å². The molecule has 3 nitrogen and oxygen atoms in total. The Hall–Kier alpha value is -1.25. The number of nitrogens with zero attached hydrogens (tertiary/aromatic N) is 1. The Morgan fingerprint density at radius 1 is 1.53 bits per heavy atom. The Morgan fingerprint density at radius 3 is 2.93 bits per heavy atom. The van der Waals surface area contributed by atoms with Crippen molar-refractivity contribution >= 4 is 0 Å². The molecule has 0 radical (unpaired) electrons. The van der Waals surface area contributed by atoms with Crippen molar-refractivity contribution in [2.24, 2.45) is 0 Å². The van der Waals surface area contributed by atoms with E-state index in [1.165, 1.54) is 0 Å². The number of rotatable bonds is 1. The Balaban J connectivity index is 2.58. The first kappa shape index (κ1) is 6.36. The van der Waals surface area contributed by atoms with Gasteiger partial charge in [-0.05, 0) is 31.3 Å². The van der Waals surface area contributed by atoms with Gasteiger partial charge >= 0.3 is 0 Å². The highest BCUT2D eigenvalue weighted by Crippen LogP contribution is 2.31. The van der Waals surface area contributed by atoms with Crippen LogP contribution in [0.2, 0.25) is 0 Å². The molecule has 2 rings (SSSR count). The molecule has 1 aromatic rings. The van der Waals surface area contributed by atoms with Gasteiger partial charge in [0.2, 0.25) is 0 Å². The summed E-state index contributed by atoms with van der Waals surface area (Å²) in [6.07, 6.45) is 4.58. The van der Waals surface area contributed by atoms with Gasteiger partial charge in [0.1, 0.15) is 0 Å². The van der Waals surface area contributed by atoms with Crippen molar-refractivity contribution in [2.75, 3.05) is 0 Å². The second-order valence-electron chi connectivity index (χ2n) is 4.05. The molecule has 15 heavy (non-hydrogen) atoms. The van der Waals surface area contributed by atoms with E-state index in [1.54, 1.807) is 0 Å². The standard InChI is InChI=1S/C12H17NO2/c1-9-7-11(13(15)12(14)8-9)10-5-3-2-4-6-10/h7-8,10,15H,2-6H2,1H3/i1D3,7D. The lowest BCUT2D eigenvalue weighted by Crippen LogP contribution is -2.23. The zero-order valence-electron chi connectivity index (χ0n) is 12.5. The third-order valence-electron chi connectivity index (χ3n) is 2.96. The Bertz CT molecular complexity index is 530. The van der Waals surface area contributed by atoms with E-state index in [1.807, 2.05) is 0 Å². The van der Waals surface area contributed by atoms with Crippen LogP contribution in [0, 0.1) is 6.85 Å². The van der Waals surface area contributed by atoms with Crippen LogP contribution in [0.25, 0.3) is 0 Å². The topological polar surface area (TPSA) is 42.2 Å². The molecule has 1 heterocycles. The SMILES string of the molecule is [2H]c1c(C([2H])([2H])[2H])cc(=O)n(O)c1C1CCCCC1. The van der Waals surface area contributed by atoms with Crippen LogP contribution in [0.5, 0.6) is 0 Å². The van der Waals surface area contributed by atoms with Crippen LogP contribution >= 0.6 is 0 Å². The fourth-order valence-electron chi connectivity index (χ4n) is 2.18. The lowest BCUT2D eigenvalue weighted by Gasteiger charge is -2.22. The summed E-state index contributed by atoms with van der Waals surface area (Å²) in [6.45, 7) is -2.51. The maximum absolute atomic E-state index is 11.7. The number of hydrogen-bond acceptors (Lipinski definition) is 2. The number of aryl methyl sites for hydroxylation is 1. The van der Waals surface area contributed by atoms with E-state index in [-0.39, 0.29) is 23.2 Å². The lowest BCUT2D eigenvalue weighted by molar-refractivity contribution is 0.156. The first-order valence-corrected chi connectivity index (χ1v) is 5.28. The molecule has 0 atom stereocenters. The molecule has 1 aromatic heterocycles. The molecule has 0 amide bonds. The van der Waals surface area contributed by atoms with Crippen LogP contribution in [-0.4, -0.2) is 9.94 Å². The van der Waals surface area contributed by atoms with Crippen molar-refractivity contribution < 1.29 is 10.7 Å². The predicted molar refractivity (Wildman–Crippen MR) is 58.4 cm³/mol. The average molecular weight is 211 g/mol. The second-order valence-corrected chi connectivity index (χ2v) is 4.05. The maximum atomic E-state index is 11.7. The Labute approximate surface area is 94.9 Å². The zero-order valence-corrected chi connectivity index (χ0v) is 8.49. The van der Waals surface area contributed by atoms with Crippen molar-refractivity contribution in [1.82, 2.24) is 4.73 Å². The van der Waals surface area contributed by atoms with Crippen molar-refractivity contribution in [3.8, 4) is 0 Å². The summed E-state index contributed by atoms with van der Waals surface area (Å²) in [7, 11) is 0. The van der Waals surface area contributed by atoms with E-state index >= 15 is 0 Å². The van der Waals surface area contributed by atoms with E-state index < -0.39 is 12.4 Å². The smallest absolute Gasteiger partial charge is 0.283 e. The van der Waals surface area contributed by atoms with Crippen LogP contribution in [-0.2, 0) is 0 Å². The van der Waals surface area contributed by atoms with E-state index in [0.717, 1.165) is 38.2 Å². The molecule has 0 spiro atoms. The van der Waals surface area contributed by atoms with Gasteiger partial charge in [-0.15, -0.1) is 0 Å². The summed E-state index contributed by atoms with van der Waals surface area (Å²) in [4.78, 5) is 11.7. The minimum absolute atomic E-state index is 0.110. The number of aromatic nitrogens is 1. The van der Waals surface area contributed by atoms with Gasteiger partial charge in [0.05, 0.1) is 7.06 Å². The third-order valence-corrected chi connectivity index (χ3v) is 2.96. The van der Waals surface area contributed by atoms with Crippen LogP contribution in [0.4, 0.5) is 0 Å². The second kappa shape index (κ2) is 4.09. The van der Waals surface area contributed by atoms with E-state index in [9.17, 15) is 10.0 Å². The molecule has 82 valence electrons. The zero-order chi connectivity index (χ0) is 14.2. The Morgan fingerprint density at radius 2 is 2.27 bits per heavy atom. The average Bonchev–Trinajstić information content (AvgIpc) is 2.34. The fraction of sp³-hybridized carbons (Fsp3) is 0.583. The van der Waals surface area contributed by atoms with Gasteiger partial charge < -0.3 is 5.21 Å². The minimum Gasteiger partial charge on any atom is -0.425 e. The molecule has 1 N–H and O–H groups in total. The van der Waals surface area contributed by atoms with E-state index in [0.29, 0.717) is 4.73 Å². The van der Waals surface area contributed by atoms with Gasteiger partial charge in [0.25, 0.3) is 5.56 Å². The summed E-state index contributed by atoms with van der Waals surface area (Å²) >= 11 is 0. The molecule has 0 unspecified atom stereocenters. The largest absolute Gasteiger partial charge is 0.425 e. The summed E-state index contributed by atoms with van der Waals surface area (Å²) in [5.74, 6) is -0.110. The summed E-state index contributed by atoms with van der Waals surface area (Å²) in [5, 5.41) is 9.82. The quantitative estimate of drug-likeness (QED) is 0.725. The van der Waals surface area contributed by atoms with Crippen molar-refractivity contribution in [1.29, 1.82) is 0 Å². The summed E-state index contributed by atoms with van der Waals surface area (Å²) in [5.41, 5.74) is -0.899. The van der Waals surface area contributed by atoms with Crippen LogP contribution in [0.3, 0.4) is 0 Å². The molecule has 1 saturated carbocycles. The van der Waals surface area contributed by atoms with Gasteiger partial charge in [-0.2, -0.15) is 4.73 Å². The molecule has 3 heteroatoms. The number of hydrogen-bond donors (Lipinski definition) is 1. The molecule has 0 saturated heterocycles. The molecule has 1 aliphatic rings. The van der Waals surface area contributed by atoms with Gasteiger partial charge in [-0.25, -0.2) is 0 Å². The molecule has 1 aliphatic carbocycles. The van der Waals surface area contributed by atoms with Gasteiger partial charge in [-0.3, -0.25) is 4.79 Å². The summed E-state index contributed by atoms with van der Waals surface area (Å²) in [6, 6.07) is 0.607. The van der Waals surface area contributed by atoms with Crippen LogP contribution in [0.15, 0.2) is 16.9 Å². The first-order valence-electron chi connectivity index (χ1n) is 7.28. The predicted octanol–water partition coefficient (Wildman–Crippen LogP) is 2.44. The highest BCUT2D eigenvalue weighted by atomic mass is 16.5. The van der Waals surface area contributed by atoms with Crippen molar-refractivity contribution in [3.05, 3.63) is 33.7 Å². The third kappa shape index (κ3) is 2.06. The van der Waals surface area contributed by atoms with Crippen molar-refractivity contribution in [2.45, 2.75) is 44.9 Å². The molecule has 0 bridgehead atoms. The maximum Gasteiger partial charge on any atom is 0.283 e. The van der Waals surface area contributed by atoms with E-state index in [2.05, 4.69) is 0 Å². The minimum atomic E-state index is -2.51. The van der Waals surface area contributed by atoms with Gasteiger partial charge in [0, 0.05) is 16.1 Å². The Kier molecular flexibility index (Phi) is 1.73. The van der Waals surface area contributed by atoms with Gasteiger partial charge in [-0.1, -0.05) is 19.3 Å². The molecule has 0 aromatic carbocycles. The molecular weight excluding hydrogens is 190 g/mol. The van der Waals surface area contributed by atoms with Crippen LogP contribution in [0.1, 0.15) is 54.8 Å². The summed E-state index contributed by atoms with van der Waals surface area (Å²) < 4.78 is 30.6. The fourth-order valence-corrected chi connectivity index (χ4v) is 2.18. The highest BCUT2D eigenvalue weighted by Gasteiger charge is 2.19.